The van der Waals surface area contributed by atoms with E-state index in [4.69, 9.17) is 4.98 Å². The van der Waals surface area contributed by atoms with Gasteiger partial charge in [-0.15, -0.1) is 0 Å². The molecule has 3 heterocycles. The lowest BCUT2D eigenvalue weighted by atomic mass is 9.73. The number of likely N-dealkylation sites (N-methyl/N-ethyl adjacent to an activating group) is 1. The highest BCUT2D eigenvalue weighted by Crippen LogP contribution is 2.51. The molecule has 1 aliphatic carbocycles. The molecule has 1 aromatic heterocycles. The second-order valence-corrected chi connectivity index (χ2v) is 11.1. The zero-order chi connectivity index (χ0) is 27.5. The Morgan fingerprint density at radius 2 is 1.92 bits per heavy atom. The molecule has 3 N–H and O–H groups in total. The van der Waals surface area contributed by atoms with E-state index in [1.165, 1.54) is 0 Å². The van der Waals surface area contributed by atoms with Crippen molar-refractivity contribution < 1.29 is 24.3 Å². The molecular formula is C29H29N5O5. The molecule has 39 heavy (non-hydrogen) atoms. The number of aromatic nitrogens is 1. The molecule has 0 spiro atoms. The summed E-state index contributed by atoms with van der Waals surface area (Å²) in [4.78, 5) is 57.1. The Morgan fingerprint density at radius 3 is 2.64 bits per heavy atom. The monoisotopic (exact) mass is 527 g/mol. The number of pyridine rings is 1. The van der Waals surface area contributed by atoms with Gasteiger partial charge in [-0.2, -0.15) is 0 Å². The normalized spacial score (nSPS) is 22.9. The summed E-state index contributed by atoms with van der Waals surface area (Å²) < 4.78 is 0. The molecule has 2 unspecified atom stereocenters. The Balaban J connectivity index is 1.32. The number of benzene rings is 2. The first kappa shape index (κ1) is 25.0. The van der Waals surface area contributed by atoms with Crippen molar-refractivity contribution >= 4 is 46.5 Å². The number of carbonyl (C=O) groups excluding carboxylic acids is 3. The Bertz CT molecular complexity index is 1570. The number of nitrogens with one attached hydrogen (secondary N) is 2. The van der Waals surface area contributed by atoms with Gasteiger partial charge in [0, 0.05) is 53.5 Å². The van der Waals surface area contributed by atoms with Crippen LogP contribution in [0.2, 0.25) is 0 Å². The fraction of sp³-hybridized carbons (Fsp3) is 0.345. The highest BCUT2D eigenvalue weighted by Gasteiger charge is 2.50. The van der Waals surface area contributed by atoms with E-state index in [-0.39, 0.29) is 24.7 Å². The van der Waals surface area contributed by atoms with Crippen LogP contribution in [0.3, 0.4) is 0 Å². The number of imide groups is 1. The molecule has 0 fully saturated rings. The summed E-state index contributed by atoms with van der Waals surface area (Å²) in [5, 5.41) is 15.9. The fourth-order valence-corrected chi connectivity index (χ4v) is 6.75. The van der Waals surface area contributed by atoms with Crippen molar-refractivity contribution in [3.8, 4) is 0 Å². The minimum Gasteiger partial charge on any atom is -0.481 e. The predicted molar refractivity (Wildman–Crippen MR) is 144 cm³/mol. The van der Waals surface area contributed by atoms with Gasteiger partial charge in [0.05, 0.1) is 24.2 Å². The molecule has 10 heteroatoms. The van der Waals surface area contributed by atoms with Crippen LogP contribution in [0, 0.1) is 0 Å². The molecule has 6 rings (SSSR count). The number of aliphatic carboxylic acids is 1. The number of hydrogen-bond donors (Lipinski definition) is 3. The summed E-state index contributed by atoms with van der Waals surface area (Å²) in [6.07, 6.45) is 1.40. The molecule has 0 saturated carbocycles. The third-order valence-electron chi connectivity index (χ3n) is 8.53. The van der Waals surface area contributed by atoms with Crippen molar-refractivity contribution in [1.29, 1.82) is 0 Å². The number of rotatable bonds is 7. The van der Waals surface area contributed by atoms with Gasteiger partial charge in [0.25, 0.3) is 0 Å². The van der Waals surface area contributed by atoms with E-state index < -0.39 is 16.9 Å². The predicted octanol–water partition coefficient (Wildman–Crippen LogP) is 1.98. The summed E-state index contributed by atoms with van der Waals surface area (Å²) in [5.74, 6) is -1.42. The van der Waals surface area contributed by atoms with Gasteiger partial charge in [0.2, 0.25) is 18.2 Å². The van der Waals surface area contributed by atoms with E-state index in [0.29, 0.717) is 38.0 Å². The van der Waals surface area contributed by atoms with Crippen molar-refractivity contribution in [2.24, 2.45) is 0 Å². The zero-order valence-corrected chi connectivity index (χ0v) is 21.8. The van der Waals surface area contributed by atoms with Crippen molar-refractivity contribution in [1.82, 2.24) is 15.2 Å². The molecule has 0 saturated heterocycles. The Kier molecular flexibility index (Phi) is 5.69. The van der Waals surface area contributed by atoms with Crippen molar-refractivity contribution in [3.05, 3.63) is 64.8 Å². The minimum absolute atomic E-state index is 0.122. The maximum atomic E-state index is 12.8. The number of amides is 3. The summed E-state index contributed by atoms with van der Waals surface area (Å²) in [6, 6.07) is 13.7. The molecule has 2 aliphatic heterocycles. The second kappa shape index (κ2) is 8.88. The van der Waals surface area contributed by atoms with Crippen molar-refractivity contribution in [2.45, 2.75) is 43.2 Å². The van der Waals surface area contributed by atoms with E-state index in [2.05, 4.69) is 21.6 Å². The third-order valence-corrected chi connectivity index (χ3v) is 8.53. The second-order valence-electron chi connectivity index (χ2n) is 11.1. The topological polar surface area (TPSA) is 132 Å². The Morgan fingerprint density at radius 1 is 1.15 bits per heavy atom. The van der Waals surface area contributed by atoms with Gasteiger partial charge in [-0.1, -0.05) is 12.1 Å². The Hall–Kier alpha value is -4.31. The van der Waals surface area contributed by atoms with E-state index in [9.17, 15) is 24.3 Å². The maximum Gasteiger partial charge on any atom is 0.304 e. The first-order valence-corrected chi connectivity index (χ1v) is 12.9. The van der Waals surface area contributed by atoms with Gasteiger partial charge >= 0.3 is 5.97 Å². The van der Waals surface area contributed by atoms with Crippen molar-refractivity contribution in [3.63, 3.8) is 0 Å². The molecule has 3 aromatic rings. The van der Waals surface area contributed by atoms with Crippen LogP contribution in [0.25, 0.3) is 10.9 Å². The number of carboxylic acid groups (broad SMARTS) is 1. The Labute approximate surface area is 225 Å². The van der Waals surface area contributed by atoms with Crippen LogP contribution in [0.15, 0.2) is 42.5 Å². The van der Waals surface area contributed by atoms with Crippen molar-refractivity contribution in [2.75, 3.05) is 30.9 Å². The molecule has 2 atom stereocenters. The van der Waals surface area contributed by atoms with Crippen LogP contribution < -0.4 is 15.5 Å². The van der Waals surface area contributed by atoms with Crippen LogP contribution in [-0.4, -0.2) is 65.4 Å². The summed E-state index contributed by atoms with van der Waals surface area (Å²) in [5.41, 5.74) is 4.57. The quantitative estimate of drug-likeness (QED) is 0.398. The number of fused-ring (bicyclic) bond motifs is 2. The lowest BCUT2D eigenvalue weighted by Crippen LogP contribution is -2.56. The molecular weight excluding hydrogens is 498 g/mol. The molecule has 10 nitrogen and oxygen atoms in total. The van der Waals surface area contributed by atoms with Crippen LogP contribution in [0.1, 0.15) is 35.2 Å². The SMILES string of the molecule is CN(C)C1(C(=O)NC=O)Cc2cc3ccc(CN4CC5(CC(=O)O)CC(=O)Nc6cccc4c65)nc3cc2C1. The minimum atomic E-state index is -0.930. The van der Waals surface area contributed by atoms with Gasteiger partial charge in [0.1, 0.15) is 5.54 Å². The van der Waals surface area contributed by atoms with Gasteiger partial charge < -0.3 is 15.3 Å². The van der Waals surface area contributed by atoms with Gasteiger partial charge in [-0.3, -0.25) is 34.4 Å². The summed E-state index contributed by atoms with van der Waals surface area (Å²) >= 11 is 0. The first-order chi connectivity index (χ1) is 18.6. The summed E-state index contributed by atoms with van der Waals surface area (Å²) in [7, 11) is 3.69. The standard InChI is InChI=1S/C29H29N5O5/c1-33(2)29(27(39)30-16-35)10-18-8-17-6-7-20(31-22(17)9-19(18)11-29)14-34-15-28(13-25(37)38)12-24(36)32-21-4-3-5-23(34)26(21)28/h3-9,16H,10-15H2,1-2H3,(H,32,36)(H,37,38)(H,30,35,39). The number of hydrogen-bond acceptors (Lipinski definition) is 7. The average Bonchev–Trinajstić information content (AvgIpc) is 3.39. The zero-order valence-electron chi connectivity index (χ0n) is 21.8. The largest absolute Gasteiger partial charge is 0.481 e. The highest BCUT2D eigenvalue weighted by molar-refractivity contribution is 5.99. The van der Waals surface area contributed by atoms with E-state index in [1.54, 1.807) is 0 Å². The number of anilines is 2. The smallest absolute Gasteiger partial charge is 0.304 e. The number of nitrogens with zero attached hydrogens (tertiary/aromatic N) is 3. The van der Waals surface area contributed by atoms with Gasteiger partial charge in [-0.25, -0.2) is 0 Å². The van der Waals surface area contributed by atoms with Crippen LogP contribution >= 0.6 is 0 Å². The highest BCUT2D eigenvalue weighted by atomic mass is 16.4. The van der Waals surface area contributed by atoms with Crippen LogP contribution in [0.4, 0.5) is 11.4 Å². The molecule has 3 aliphatic rings. The molecule has 0 radical (unpaired) electrons. The molecule has 3 amide bonds. The first-order valence-electron chi connectivity index (χ1n) is 12.9. The average molecular weight is 528 g/mol. The van der Waals surface area contributed by atoms with E-state index in [1.807, 2.05) is 55.4 Å². The molecule has 0 bridgehead atoms. The summed E-state index contributed by atoms with van der Waals surface area (Å²) in [6.45, 7) is 0.878. The van der Waals surface area contributed by atoms with Gasteiger partial charge in [-0.05, 0) is 55.6 Å². The lowest BCUT2D eigenvalue weighted by molar-refractivity contribution is -0.139. The number of carboxylic acids is 1. The lowest BCUT2D eigenvalue weighted by Gasteiger charge is -2.33. The van der Waals surface area contributed by atoms with Crippen LogP contribution in [-0.2, 0) is 44.0 Å². The van der Waals surface area contributed by atoms with Gasteiger partial charge in [0.15, 0.2) is 0 Å². The van der Waals surface area contributed by atoms with Crippen LogP contribution in [0.5, 0.6) is 0 Å². The molecule has 200 valence electrons. The number of carbonyl (C=O) groups is 4. The maximum absolute atomic E-state index is 12.8. The third kappa shape index (κ3) is 3.94. The van der Waals surface area contributed by atoms with E-state index in [0.717, 1.165) is 39.0 Å². The fourth-order valence-electron chi connectivity index (χ4n) is 6.75. The van der Waals surface area contributed by atoms with E-state index >= 15 is 0 Å². The molecule has 2 aromatic carbocycles.